The second kappa shape index (κ2) is 9.51. The molecular weight excluding hydrogens is 400 g/mol. The van der Waals surface area contributed by atoms with Crippen LogP contribution >= 0.6 is 0 Å². The average Bonchev–Trinajstić information content (AvgIpc) is 2.83. The quantitative estimate of drug-likeness (QED) is 0.456. The molecule has 0 saturated heterocycles. The van der Waals surface area contributed by atoms with E-state index in [-0.39, 0.29) is 11.8 Å². The normalized spacial score (nSPS) is 11.8. The van der Waals surface area contributed by atoms with E-state index < -0.39 is 0 Å². The smallest absolute Gasteiger partial charge is 0.251 e. The number of carbonyl (C=O) groups is 1. The van der Waals surface area contributed by atoms with Gasteiger partial charge in [-0.1, -0.05) is 25.1 Å². The Bertz CT molecular complexity index is 1260. The lowest BCUT2D eigenvalue weighted by Crippen LogP contribution is -2.18. The van der Waals surface area contributed by atoms with Crippen LogP contribution in [0, 0.1) is 6.92 Å². The summed E-state index contributed by atoms with van der Waals surface area (Å²) >= 11 is 0. The van der Waals surface area contributed by atoms with E-state index in [4.69, 9.17) is 0 Å². The number of fused-ring (bicyclic) bond motifs is 1. The maximum atomic E-state index is 12.2. The van der Waals surface area contributed by atoms with Crippen molar-refractivity contribution in [2.75, 3.05) is 18.9 Å². The lowest BCUT2D eigenvalue weighted by Gasteiger charge is -2.16. The predicted octanol–water partition coefficient (Wildman–Crippen LogP) is 4.36. The van der Waals surface area contributed by atoms with Crippen molar-refractivity contribution in [2.45, 2.75) is 26.2 Å². The average molecular weight is 427 g/mol. The van der Waals surface area contributed by atoms with E-state index in [1.807, 2.05) is 37.5 Å². The molecule has 7 nitrogen and oxygen atoms in total. The first kappa shape index (κ1) is 21.4. The zero-order chi connectivity index (χ0) is 22.5. The zero-order valence-electron chi connectivity index (χ0n) is 18.5. The minimum absolute atomic E-state index is 0.104. The van der Waals surface area contributed by atoms with Crippen LogP contribution < -0.4 is 10.6 Å². The maximum absolute atomic E-state index is 12.2. The molecular formula is C25H26N6O. The molecule has 0 aliphatic rings. The largest absolute Gasteiger partial charge is 0.370 e. The first-order valence-corrected chi connectivity index (χ1v) is 10.6. The molecule has 4 rings (SSSR count). The monoisotopic (exact) mass is 426 g/mol. The Labute approximate surface area is 187 Å². The lowest BCUT2D eigenvalue weighted by atomic mass is 9.94. The van der Waals surface area contributed by atoms with E-state index in [1.165, 1.54) is 0 Å². The predicted molar refractivity (Wildman–Crippen MR) is 127 cm³/mol. The molecule has 0 fully saturated rings. The number of aromatic nitrogens is 4. The van der Waals surface area contributed by atoms with Crippen LogP contribution in [0.25, 0.3) is 22.2 Å². The second-order valence-electron chi connectivity index (χ2n) is 7.84. The molecule has 3 aromatic heterocycles. The van der Waals surface area contributed by atoms with Crippen LogP contribution in [0.3, 0.4) is 0 Å². The van der Waals surface area contributed by atoms with E-state index in [2.05, 4.69) is 49.6 Å². The standard InChI is InChI=1S/C25H26N6O/c1-16-11-18(14-27-13-16)22-12-23(31-15-30-22)28-9-7-17(2)19-5-4-6-20-21(25(32)26-3)8-10-29-24(19)20/h4-6,8,10-15,17H,7,9H2,1-3H3,(H,26,32)(H,28,30,31). The van der Waals surface area contributed by atoms with Crippen LogP contribution in [0.5, 0.6) is 0 Å². The number of nitrogens with zero attached hydrogens (tertiary/aromatic N) is 4. The number of anilines is 1. The molecule has 1 unspecified atom stereocenters. The van der Waals surface area contributed by atoms with Gasteiger partial charge in [0.05, 0.1) is 16.8 Å². The molecule has 0 aliphatic heterocycles. The molecule has 0 aliphatic carbocycles. The number of para-hydroxylation sites is 1. The minimum atomic E-state index is -0.104. The highest BCUT2D eigenvalue weighted by Crippen LogP contribution is 2.28. The van der Waals surface area contributed by atoms with E-state index >= 15 is 0 Å². The van der Waals surface area contributed by atoms with Gasteiger partial charge in [0.2, 0.25) is 0 Å². The van der Waals surface area contributed by atoms with Gasteiger partial charge in [-0.15, -0.1) is 0 Å². The van der Waals surface area contributed by atoms with Crippen LogP contribution in [0.4, 0.5) is 5.82 Å². The fraction of sp³-hybridized carbons (Fsp3) is 0.240. The molecule has 1 atom stereocenters. The SMILES string of the molecule is CNC(=O)c1ccnc2c(C(C)CCNc3cc(-c4cncc(C)c4)ncn3)cccc12. The van der Waals surface area contributed by atoms with Gasteiger partial charge in [0.1, 0.15) is 12.1 Å². The van der Waals surface area contributed by atoms with Crippen molar-refractivity contribution in [1.29, 1.82) is 0 Å². The highest BCUT2D eigenvalue weighted by atomic mass is 16.1. The molecule has 7 heteroatoms. The van der Waals surface area contributed by atoms with Crippen LogP contribution in [-0.4, -0.2) is 39.4 Å². The highest BCUT2D eigenvalue weighted by molar-refractivity contribution is 6.06. The number of carbonyl (C=O) groups excluding carboxylic acids is 1. The first-order chi connectivity index (χ1) is 15.6. The molecule has 0 radical (unpaired) electrons. The summed E-state index contributed by atoms with van der Waals surface area (Å²) in [4.78, 5) is 29.8. The second-order valence-corrected chi connectivity index (χ2v) is 7.84. The summed E-state index contributed by atoms with van der Waals surface area (Å²) < 4.78 is 0. The summed E-state index contributed by atoms with van der Waals surface area (Å²) in [6.45, 7) is 4.93. The Hall–Kier alpha value is -3.87. The van der Waals surface area contributed by atoms with Gasteiger partial charge in [-0.25, -0.2) is 9.97 Å². The molecule has 1 aromatic carbocycles. The number of nitrogens with one attached hydrogen (secondary N) is 2. The number of benzene rings is 1. The van der Waals surface area contributed by atoms with Gasteiger partial charge in [-0.3, -0.25) is 14.8 Å². The lowest BCUT2D eigenvalue weighted by molar-refractivity contribution is 0.0964. The Morgan fingerprint density at radius 3 is 2.78 bits per heavy atom. The molecule has 3 heterocycles. The van der Waals surface area contributed by atoms with Gasteiger partial charge < -0.3 is 10.6 Å². The topological polar surface area (TPSA) is 92.7 Å². The Kier molecular flexibility index (Phi) is 6.35. The van der Waals surface area contributed by atoms with Gasteiger partial charge in [0, 0.05) is 49.2 Å². The van der Waals surface area contributed by atoms with Crippen LogP contribution in [0.1, 0.15) is 40.7 Å². The molecule has 0 bridgehead atoms. The van der Waals surface area contributed by atoms with Gasteiger partial charge in [-0.05, 0) is 42.5 Å². The molecule has 162 valence electrons. The van der Waals surface area contributed by atoms with Crippen molar-refractivity contribution in [2.24, 2.45) is 0 Å². The molecule has 1 amide bonds. The zero-order valence-corrected chi connectivity index (χ0v) is 18.5. The minimum Gasteiger partial charge on any atom is -0.370 e. The van der Waals surface area contributed by atoms with Crippen molar-refractivity contribution in [3.63, 3.8) is 0 Å². The number of rotatable bonds is 7. The summed E-state index contributed by atoms with van der Waals surface area (Å²) in [7, 11) is 1.64. The van der Waals surface area contributed by atoms with E-state index in [0.29, 0.717) is 5.56 Å². The van der Waals surface area contributed by atoms with Crippen molar-refractivity contribution >= 4 is 22.6 Å². The van der Waals surface area contributed by atoms with Crippen molar-refractivity contribution < 1.29 is 4.79 Å². The maximum Gasteiger partial charge on any atom is 0.251 e. The summed E-state index contributed by atoms with van der Waals surface area (Å²) in [5.74, 6) is 0.926. The van der Waals surface area contributed by atoms with Crippen LogP contribution in [-0.2, 0) is 0 Å². The summed E-state index contributed by atoms with van der Waals surface area (Å²) in [6, 6.07) is 11.8. The number of amides is 1. The number of aryl methyl sites for hydroxylation is 1. The molecule has 0 saturated carbocycles. The Morgan fingerprint density at radius 2 is 1.97 bits per heavy atom. The van der Waals surface area contributed by atoms with Gasteiger partial charge in [-0.2, -0.15) is 0 Å². The summed E-state index contributed by atoms with van der Waals surface area (Å²) in [5.41, 5.74) is 5.54. The van der Waals surface area contributed by atoms with E-state index in [1.54, 1.807) is 25.6 Å². The third-order valence-corrected chi connectivity index (χ3v) is 5.53. The molecule has 2 N–H and O–H groups in total. The van der Waals surface area contributed by atoms with Crippen LogP contribution in [0.2, 0.25) is 0 Å². The van der Waals surface area contributed by atoms with Gasteiger partial charge >= 0.3 is 0 Å². The fourth-order valence-electron chi connectivity index (χ4n) is 3.81. The van der Waals surface area contributed by atoms with Crippen LogP contribution in [0.15, 0.2) is 61.3 Å². The molecule has 0 spiro atoms. The first-order valence-electron chi connectivity index (χ1n) is 10.6. The Balaban J connectivity index is 1.47. The van der Waals surface area contributed by atoms with Crippen molar-refractivity contribution in [3.8, 4) is 11.3 Å². The van der Waals surface area contributed by atoms with Gasteiger partial charge in [0.25, 0.3) is 5.91 Å². The number of hydrogen-bond donors (Lipinski definition) is 2. The third kappa shape index (κ3) is 4.56. The molecule has 4 aromatic rings. The van der Waals surface area contributed by atoms with E-state index in [0.717, 1.165) is 52.1 Å². The van der Waals surface area contributed by atoms with Crippen molar-refractivity contribution in [3.05, 3.63) is 78.0 Å². The summed E-state index contributed by atoms with van der Waals surface area (Å²) in [5, 5.41) is 6.97. The van der Waals surface area contributed by atoms with Crippen molar-refractivity contribution in [1.82, 2.24) is 25.3 Å². The number of pyridine rings is 2. The fourth-order valence-corrected chi connectivity index (χ4v) is 3.81. The van der Waals surface area contributed by atoms with Gasteiger partial charge in [0.15, 0.2) is 0 Å². The number of hydrogen-bond acceptors (Lipinski definition) is 6. The third-order valence-electron chi connectivity index (χ3n) is 5.53. The Morgan fingerprint density at radius 1 is 1.09 bits per heavy atom. The highest BCUT2D eigenvalue weighted by Gasteiger charge is 2.15. The van der Waals surface area contributed by atoms with E-state index in [9.17, 15) is 4.79 Å². The molecule has 32 heavy (non-hydrogen) atoms. The summed E-state index contributed by atoms with van der Waals surface area (Å²) in [6.07, 6.45) is 7.78.